The molecule has 1 atom stereocenters. The zero-order valence-corrected chi connectivity index (χ0v) is 9.03. The largest absolute Gasteiger partial charge is 0.385 e. The Bertz CT molecular complexity index is 297. The first-order valence-electron chi connectivity index (χ1n) is 4.86. The minimum absolute atomic E-state index is 0.591. The van der Waals surface area contributed by atoms with Crippen molar-refractivity contribution in [3.63, 3.8) is 0 Å². The second-order valence-corrected chi connectivity index (χ2v) is 5.48. The Morgan fingerprint density at radius 2 is 2.31 bits per heavy atom. The molecule has 1 aromatic heterocycles. The van der Waals surface area contributed by atoms with Crippen LogP contribution in [0, 0.1) is 12.8 Å². The Morgan fingerprint density at radius 3 is 2.77 bits per heavy atom. The van der Waals surface area contributed by atoms with E-state index in [1.54, 1.807) is 11.3 Å². The highest BCUT2D eigenvalue weighted by Crippen LogP contribution is 2.41. The lowest BCUT2D eigenvalue weighted by Gasteiger charge is -2.21. The zero-order chi connectivity index (χ0) is 9.47. The average Bonchev–Trinajstić information content (AvgIpc) is 2.70. The summed E-state index contributed by atoms with van der Waals surface area (Å²) in [6, 6.07) is 2.10. The van der Waals surface area contributed by atoms with E-state index in [1.807, 2.05) is 6.92 Å². The zero-order valence-electron chi connectivity index (χ0n) is 8.21. The van der Waals surface area contributed by atoms with Crippen LogP contribution in [0.5, 0.6) is 0 Å². The van der Waals surface area contributed by atoms with Gasteiger partial charge in [-0.15, -0.1) is 11.3 Å². The number of hydrogen-bond acceptors (Lipinski definition) is 2. The fourth-order valence-corrected chi connectivity index (χ4v) is 2.56. The molecule has 2 heteroatoms. The van der Waals surface area contributed by atoms with Gasteiger partial charge >= 0.3 is 0 Å². The molecule has 72 valence electrons. The third-order valence-electron chi connectivity index (χ3n) is 2.74. The minimum atomic E-state index is -0.591. The molecule has 0 bridgehead atoms. The number of hydrogen-bond donors (Lipinski definition) is 1. The van der Waals surface area contributed by atoms with Crippen LogP contribution < -0.4 is 0 Å². The first kappa shape index (κ1) is 9.22. The summed E-state index contributed by atoms with van der Waals surface area (Å²) in [6.45, 7) is 4.02. The molecule has 0 amide bonds. The van der Waals surface area contributed by atoms with Gasteiger partial charge in [-0.05, 0) is 43.2 Å². The highest BCUT2D eigenvalue weighted by Gasteiger charge is 2.33. The predicted octanol–water partition coefficient (Wildman–Crippen LogP) is 3.06. The van der Waals surface area contributed by atoms with Gasteiger partial charge in [0.15, 0.2) is 0 Å². The second kappa shape index (κ2) is 3.10. The maximum Gasteiger partial charge on any atom is 0.0879 e. The van der Waals surface area contributed by atoms with Gasteiger partial charge in [-0.1, -0.05) is 12.8 Å². The summed E-state index contributed by atoms with van der Waals surface area (Å²) in [5.74, 6) is 0.773. The van der Waals surface area contributed by atoms with E-state index in [0.29, 0.717) is 0 Å². The molecule has 1 aliphatic rings. The standard InChI is InChI=1S/C11H16OS/c1-8-5-10(7-13-8)11(2,12)6-9-3-4-9/h5,7,9,12H,3-4,6H2,1-2H3. The molecule has 1 aliphatic carbocycles. The molecule has 13 heavy (non-hydrogen) atoms. The van der Waals surface area contributed by atoms with Crippen LogP contribution in [0.15, 0.2) is 11.4 Å². The fraction of sp³-hybridized carbons (Fsp3) is 0.636. The van der Waals surface area contributed by atoms with Crippen LogP contribution in [0.3, 0.4) is 0 Å². The van der Waals surface area contributed by atoms with E-state index in [9.17, 15) is 5.11 Å². The van der Waals surface area contributed by atoms with Crippen LogP contribution in [-0.2, 0) is 5.60 Å². The predicted molar refractivity (Wildman–Crippen MR) is 56.0 cm³/mol. The molecule has 0 radical (unpaired) electrons. The van der Waals surface area contributed by atoms with Gasteiger partial charge in [0.05, 0.1) is 5.60 Å². The van der Waals surface area contributed by atoms with E-state index in [2.05, 4.69) is 18.4 Å². The summed E-state index contributed by atoms with van der Waals surface area (Å²) in [6.07, 6.45) is 3.54. The van der Waals surface area contributed by atoms with Gasteiger partial charge < -0.3 is 5.11 Å². The first-order chi connectivity index (χ1) is 6.08. The van der Waals surface area contributed by atoms with Crippen molar-refractivity contribution in [3.8, 4) is 0 Å². The average molecular weight is 196 g/mol. The van der Waals surface area contributed by atoms with Gasteiger partial charge in [0.2, 0.25) is 0 Å². The SMILES string of the molecule is Cc1cc(C(C)(O)CC2CC2)cs1. The van der Waals surface area contributed by atoms with Crippen LogP contribution in [0.1, 0.15) is 36.6 Å². The molecule has 1 heterocycles. The first-order valence-corrected chi connectivity index (χ1v) is 5.74. The van der Waals surface area contributed by atoms with E-state index >= 15 is 0 Å². The lowest BCUT2D eigenvalue weighted by atomic mass is 9.92. The van der Waals surface area contributed by atoms with Gasteiger partial charge in [-0.3, -0.25) is 0 Å². The number of rotatable bonds is 3. The molecule has 1 N–H and O–H groups in total. The minimum Gasteiger partial charge on any atom is -0.385 e. The highest BCUT2D eigenvalue weighted by atomic mass is 32.1. The lowest BCUT2D eigenvalue weighted by Crippen LogP contribution is -2.20. The van der Waals surface area contributed by atoms with E-state index < -0.39 is 5.60 Å². The molecule has 1 fully saturated rings. The number of aryl methyl sites for hydroxylation is 1. The fourth-order valence-electron chi connectivity index (χ4n) is 1.73. The molecule has 1 saturated carbocycles. The van der Waals surface area contributed by atoms with Crippen LogP contribution in [0.25, 0.3) is 0 Å². The second-order valence-electron chi connectivity index (χ2n) is 4.37. The van der Waals surface area contributed by atoms with Crippen molar-refractivity contribution in [1.82, 2.24) is 0 Å². The molecule has 0 saturated heterocycles. The monoisotopic (exact) mass is 196 g/mol. The Balaban J connectivity index is 2.12. The summed E-state index contributed by atoms with van der Waals surface area (Å²) in [4.78, 5) is 1.28. The normalized spacial score (nSPS) is 21.5. The Labute approximate surface area is 83.4 Å². The third-order valence-corrected chi connectivity index (χ3v) is 3.60. The van der Waals surface area contributed by atoms with Crippen molar-refractivity contribution in [2.45, 2.75) is 38.7 Å². The molecule has 2 rings (SSSR count). The molecule has 0 aliphatic heterocycles. The van der Waals surface area contributed by atoms with Crippen molar-refractivity contribution in [2.24, 2.45) is 5.92 Å². The summed E-state index contributed by atoms with van der Waals surface area (Å²) in [5, 5.41) is 12.3. The van der Waals surface area contributed by atoms with E-state index in [0.717, 1.165) is 17.9 Å². The smallest absolute Gasteiger partial charge is 0.0879 e. The molecule has 1 aromatic rings. The topological polar surface area (TPSA) is 20.2 Å². The molecule has 1 nitrogen and oxygen atoms in total. The van der Waals surface area contributed by atoms with Crippen LogP contribution in [0.2, 0.25) is 0 Å². The van der Waals surface area contributed by atoms with Crippen molar-refractivity contribution in [1.29, 1.82) is 0 Å². The lowest BCUT2D eigenvalue weighted by molar-refractivity contribution is 0.0421. The van der Waals surface area contributed by atoms with Crippen LogP contribution in [0.4, 0.5) is 0 Å². The molecule has 0 spiro atoms. The van der Waals surface area contributed by atoms with E-state index in [1.165, 1.54) is 17.7 Å². The van der Waals surface area contributed by atoms with Gasteiger partial charge in [0.25, 0.3) is 0 Å². The van der Waals surface area contributed by atoms with Crippen molar-refractivity contribution >= 4 is 11.3 Å². The highest BCUT2D eigenvalue weighted by molar-refractivity contribution is 7.10. The van der Waals surface area contributed by atoms with Crippen molar-refractivity contribution < 1.29 is 5.11 Å². The molecular formula is C11H16OS. The van der Waals surface area contributed by atoms with Crippen LogP contribution >= 0.6 is 11.3 Å². The maximum absolute atomic E-state index is 10.2. The summed E-state index contributed by atoms with van der Waals surface area (Å²) < 4.78 is 0. The summed E-state index contributed by atoms with van der Waals surface area (Å²) in [5.41, 5.74) is 0.508. The maximum atomic E-state index is 10.2. The van der Waals surface area contributed by atoms with Crippen molar-refractivity contribution in [3.05, 3.63) is 21.9 Å². The van der Waals surface area contributed by atoms with E-state index in [-0.39, 0.29) is 0 Å². The quantitative estimate of drug-likeness (QED) is 0.787. The number of thiophene rings is 1. The van der Waals surface area contributed by atoms with Crippen molar-refractivity contribution in [2.75, 3.05) is 0 Å². The molecule has 1 unspecified atom stereocenters. The Morgan fingerprint density at radius 1 is 1.62 bits per heavy atom. The summed E-state index contributed by atoms with van der Waals surface area (Å²) >= 11 is 1.72. The van der Waals surface area contributed by atoms with Gasteiger partial charge in [-0.2, -0.15) is 0 Å². The Kier molecular flexibility index (Phi) is 2.20. The third kappa shape index (κ3) is 2.12. The Hall–Kier alpha value is -0.340. The van der Waals surface area contributed by atoms with Crippen LogP contribution in [-0.4, -0.2) is 5.11 Å². The molecular weight excluding hydrogens is 180 g/mol. The van der Waals surface area contributed by atoms with Gasteiger partial charge in [0.1, 0.15) is 0 Å². The molecule has 0 aromatic carbocycles. The van der Waals surface area contributed by atoms with Gasteiger partial charge in [-0.25, -0.2) is 0 Å². The van der Waals surface area contributed by atoms with Gasteiger partial charge in [0, 0.05) is 4.88 Å². The summed E-state index contributed by atoms with van der Waals surface area (Å²) in [7, 11) is 0. The van der Waals surface area contributed by atoms with E-state index in [4.69, 9.17) is 0 Å². The number of aliphatic hydroxyl groups is 1.